The molecule has 2 aromatic heterocycles. The summed E-state index contributed by atoms with van der Waals surface area (Å²) in [6.07, 6.45) is 1.44. The maximum Gasteiger partial charge on any atom is 0.263 e. The Morgan fingerprint density at radius 1 is 1.17 bits per heavy atom. The van der Waals surface area contributed by atoms with Crippen LogP contribution in [0.25, 0.3) is 21.3 Å². The molecule has 4 rings (SSSR count). The molecule has 2 aromatic carbocycles. The number of amides is 1. The molecule has 1 amide bonds. The van der Waals surface area contributed by atoms with Crippen LogP contribution in [0.3, 0.4) is 0 Å². The largest absolute Gasteiger partial charge is 0.324 e. The van der Waals surface area contributed by atoms with Crippen LogP contribution in [0, 0.1) is 13.8 Å². The number of rotatable bonds is 4. The molecule has 0 unspecified atom stereocenters. The van der Waals surface area contributed by atoms with E-state index in [1.54, 1.807) is 0 Å². The molecule has 0 atom stereocenters. The minimum Gasteiger partial charge on any atom is -0.324 e. The summed E-state index contributed by atoms with van der Waals surface area (Å²) in [5, 5.41) is 3.40. The Morgan fingerprint density at radius 2 is 1.93 bits per heavy atom. The smallest absolute Gasteiger partial charge is 0.263 e. The second-order valence-electron chi connectivity index (χ2n) is 6.79. The first kappa shape index (κ1) is 19.5. The van der Waals surface area contributed by atoms with Crippen molar-refractivity contribution in [3.8, 4) is 11.1 Å². The van der Waals surface area contributed by atoms with Gasteiger partial charge in [0.1, 0.15) is 11.4 Å². The molecule has 0 spiro atoms. The van der Waals surface area contributed by atoms with E-state index in [1.165, 1.54) is 22.2 Å². The Kier molecular flexibility index (Phi) is 5.34. The highest BCUT2D eigenvalue weighted by atomic mass is 79.9. The van der Waals surface area contributed by atoms with Gasteiger partial charge in [-0.25, -0.2) is 4.98 Å². The molecule has 146 valence electrons. The summed E-state index contributed by atoms with van der Waals surface area (Å²) in [6, 6.07) is 15.5. The van der Waals surface area contributed by atoms with Gasteiger partial charge in [-0.05, 0) is 53.0 Å². The zero-order valence-corrected chi connectivity index (χ0v) is 18.3. The van der Waals surface area contributed by atoms with Crippen LogP contribution in [0.1, 0.15) is 10.4 Å². The van der Waals surface area contributed by atoms with Crippen LogP contribution in [0.15, 0.2) is 64.1 Å². The molecule has 1 N–H and O–H groups in total. The predicted octanol–water partition coefficient (Wildman–Crippen LogP) is 5.14. The van der Waals surface area contributed by atoms with Gasteiger partial charge in [0.25, 0.3) is 5.56 Å². The molecule has 5 nitrogen and oxygen atoms in total. The Balaban J connectivity index is 1.69. The molecule has 0 aliphatic rings. The Bertz CT molecular complexity index is 1280. The summed E-state index contributed by atoms with van der Waals surface area (Å²) in [5.41, 5.74) is 3.40. The third kappa shape index (κ3) is 3.88. The van der Waals surface area contributed by atoms with Gasteiger partial charge in [-0.2, -0.15) is 0 Å². The van der Waals surface area contributed by atoms with Crippen molar-refractivity contribution < 1.29 is 4.79 Å². The second kappa shape index (κ2) is 7.93. The number of carbonyl (C=O) groups excluding carboxylic acids is 1. The molecule has 29 heavy (non-hydrogen) atoms. The van der Waals surface area contributed by atoms with Crippen molar-refractivity contribution in [2.75, 3.05) is 5.32 Å². The minimum absolute atomic E-state index is 0.106. The van der Waals surface area contributed by atoms with Gasteiger partial charge < -0.3 is 5.32 Å². The number of carbonyl (C=O) groups is 1. The number of hydrogen-bond acceptors (Lipinski definition) is 4. The molecule has 4 aromatic rings. The number of anilines is 1. The number of halogens is 1. The van der Waals surface area contributed by atoms with E-state index in [0.717, 1.165) is 26.0 Å². The molecular formula is C22H18BrN3O2S. The van der Waals surface area contributed by atoms with E-state index in [0.29, 0.717) is 15.9 Å². The van der Waals surface area contributed by atoms with Crippen molar-refractivity contribution in [1.29, 1.82) is 0 Å². The van der Waals surface area contributed by atoms with Gasteiger partial charge in [0, 0.05) is 14.9 Å². The average molecular weight is 468 g/mol. The average Bonchev–Trinajstić information content (AvgIpc) is 3.04. The fourth-order valence-corrected chi connectivity index (χ4v) is 4.86. The minimum atomic E-state index is -0.286. The SMILES string of the molecule is Cc1ccc(NC(=O)Cn2cnc3sc(C)c(-c4ccccc4)c3c2=O)c(Br)c1. The van der Waals surface area contributed by atoms with E-state index in [1.807, 2.05) is 62.4 Å². The third-order valence-corrected chi connectivity index (χ3v) is 6.30. The van der Waals surface area contributed by atoms with Crippen LogP contribution in [-0.4, -0.2) is 15.5 Å². The van der Waals surface area contributed by atoms with Crippen molar-refractivity contribution in [3.05, 3.63) is 80.1 Å². The lowest BCUT2D eigenvalue weighted by Gasteiger charge is -2.10. The molecule has 7 heteroatoms. The maximum absolute atomic E-state index is 13.2. The van der Waals surface area contributed by atoms with E-state index in [9.17, 15) is 9.59 Å². The van der Waals surface area contributed by atoms with Crippen molar-refractivity contribution >= 4 is 49.1 Å². The highest BCUT2D eigenvalue weighted by Crippen LogP contribution is 2.35. The molecule has 0 aliphatic carbocycles. The number of aryl methyl sites for hydroxylation is 2. The van der Waals surface area contributed by atoms with Crippen molar-refractivity contribution in [2.24, 2.45) is 0 Å². The normalized spacial score (nSPS) is 11.0. The Labute approximate surface area is 180 Å². The molecule has 0 fully saturated rings. The predicted molar refractivity (Wildman–Crippen MR) is 122 cm³/mol. The highest BCUT2D eigenvalue weighted by Gasteiger charge is 2.18. The number of thiophene rings is 1. The number of aromatic nitrogens is 2. The quantitative estimate of drug-likeness (QED) is 0.451. The number of fused-ring (bicyclic) bond motifs is 1. The lowest BCUT2D eigenvalue weighted by Crippen LogP contribution is -2.27. The van der Waals surface area contributed by atoms with Gasteiger partial charge in [-0.3, -0.25) is 14.2 Å². The first-order valence-electron chi connectivity index (χ1n) is 9.04. The number of nitrogens with one attached hydrogen (secondary N) is 1. The summed E-state index contributed by atoms with van der Waals surface area (Å²) >= 11 is 4.94. The molecule has 0 saturated heterocycles. The summed E-state index contributed by atoms with van der Waals surface area (Å²) in [5.74, 6) is -0.286. The highest BCUT2D eigenvalue weighted by molar-refractivity contribution is 9.10. The number of benzene rings is 2. The molecule has 0 bridgehead atoms. The molecule has 0 aliphatic heterocycles. The van der Waals surface area contributed by atoms with Crippen LogP contribution in [-0.2, 0) is 11.3 Å². The van der Waals surface area contributed by atoms with Crippen molar-refractivity contribution in [1.82, 2.24) is 9.55 Å². The summed E-state index contributed by atoms with van der Waals surface area (Å²) in [6.45, 7) is 3.86. The lowest BCUT2D eigenvalue weighted by atomic mass is 10.0. The molecule has 2 heterocycles. The van der Waals surface area contributed by atoms with E-state index >= 15 is 0 Å². The summed E-state index contributed by atoms with van der Waals surface area (Å²) in [4.78, 5) is 31.9. The molecule has 0 saturated carbocycles. The molecular weight excluding hydrogens is 450 g/mol. The number of hydrogen-bond donors (Lipinski definition) is 1. The third-order valence-electron chi connectivity index (χ3n) is 4.63. The Morgan fingerprint density at radius 3 is 2.66 bits per heavy atom. The Hall–Kier alpha value is -2.77. The van der Waals surface area contributed by atoms with Gasteiger partial charge in [0.2, 0.25) is 5.91 Å². The van der Waals surface area contributed by atoms with Gasteiger partial charge in [0.15, 0.2) is 0 Å². The maximum atomic E-state index is 13.2. The van der Waals surface area contributed by atoms with E-state index in [4.69, 9.17) is 0 Å². The van der Waals surface area contributed by atoms with Crippen molar-refractivity contribution in [3.63, 3.8) is 0 Å². The van der Waals surface area contributed by atoms with Crippen LogP contribution in [0.2, 0.25) is 0 Å². The zero-order valence-electron chi connectivity index (χ0n) is 15.9. The van der Waals surface area contributed by atoms with Gasteiger partial charge in [-0.15, -0.1) is 11.3 Å². The second-order valence-corrected chi connectivity index (χ2v) is 8.85. The van der Waals surface area contributed by atoms with E-state index < -0.39 is 0 Å². The number of nitrogens with zero attached hydrogens (tertiary/aromatic N) is 2. The van der Waals surface area contributed by atoms with Crippen LogP contribution < -0.4 is 10.9 Å². The van der Waals surface area contributed by atoms with Crippen LogP contribution >= 0.6 is 27.3 Å². The van der Waals surface area contributed by atoms with Gasteiger partial charge in [0.05, 0.1) is 17.4 Å². The van der Waals surface area contributed by atoms with E-state index in [-0.39, 0.29) is 18.0 Å². The summed E-state index contributed by atoms with van der Waals surface area (Å²) in [7, 11) is 0. The standard InChI is InChI=1S/C22H18BrN3O2S/c1-13-8-9-17(16(23)10-13)25-18(27)11-26-12-24-21-20(22(26)28)19(14(2)29-21)15-6-4-3-5-7-15/h3-10,12H,11H2,1-2H3,(H,25,27). The molecule has 0 radical (unpaired) electrons. The monoisotopic (exact) mass is 467 g/mol. The first-order valence-corrected chi connectivity index (χ1v) is 10.6. The first-order chi connectivity index (χ1) is 13.9. The topological polar surface area (TPSA) is 64.0 Å². The van der Waals surface area contributed by atoms with Gasteiger partial charge >= 0.3 is 0 Å². The van der Waals surface area contributed by atoms with Crippen LogP contribution in [0.5, 0.6) is 0 Å². The van der Waals surface area contributed by atoms with Gasteiger partial charge in [-0.1, -0.05) is 36.4 Å². The van der Waals surface area contributed by atoms with Crippen LogP contribution in [0.4, 0.5) is 5.69 Å². The fraction of sp³-hybridized carbons (Fsp3) is 0.136. The fourth-order valence-electron chi connectivity index (χ4n) is 3.27. The lowest BCUT2D eigenvalue weighted by molar-refractivity contribution is -0.116. The van der Waals surface area contributed by atoms with Crippen molar-refractivity contribution in [2.45, 2.75) is 20.4 Å². The van der Waals surface area contributed by atoms with E-state index in [2.05, 4.69) is 26.2 Å². The zero-order chi connectivity index (χ0) is 20.5. The summed E-state index contributed by atoms with van der Waals surface area (Å²) < 4.78 is 2.16.